The lowest BCUT2D eigenvalue weighted by Gasteiger charge is -2.07. The lowest BCUT2D eigenvalue weighted by Crippen LogP contribution is -2.02. The molecule has 0 saturated carbocycles. The van der Waals surface area contributed by atoms with Gasteiger partial charge in [-0.15, -0.1) is 11.3 Å². The molecule has 3 nitrogen and oxygen atoms in total. The topological polar surface area (TPSA) is 35.5 Å². The zero-order chi connectivity index (χ0) is 13.7. The second-order valence-electron chi connectivity index (χ2n) is 4.10. The molecule has 0 N–H and O–H groups in total. The Kier molecular flexibility index (Phi) is 4.58. The second kappa shape index (κ2) is 6.38. The standard InChI is InChI=1S/C15H16O3S/c1-17-12-8-11(9-13(10-12)18-2)15(16)6-5-14-4-3-7-19-14/h3-4,7-10H,5-6H2,1-2H3. The lowest BCUT2D eigenvalue weighted by atomic mass is 10.1. The van der Waals surface area contributed by atoms with Gasteiger partial charge < -0.3 is 9.47 Å². The number of carbonyl (C=O) groups excluding carboxylic acids is 1. The first kappa shape index (κ1) is 13.6. The number of Topliss-reactive ketones (excluding diaryl/α,β-unsaturated/α-hetero) is 1. The summed E-state index contributed by atoms with van der Waals surface area (Å²) in [7, 11) is 3.16. The van der Waals surface area contributed by atoms with Crippen LogP contribution < -0.4 is 9.47 Å². The van der Waals surface area contributed by atoms with Gasteiger partial charge in [0.2, 0.25) is 0 Å². The molecule has 0 spiro atoms. The van der Waals surface area contributed by atoms with E-state index in [1.807, 2.05) is 17.5 Å². The predicted molar refractivity (Wildman–Crippen MR) is 76.5 cm³/mol. The number of hydrogen-bond donors (Lipinski definition) is 0. The molecule has 0 saturated heterocycles. The third kappa shape index (κ3) is 3.58. The van der Waals surface area contributed by atoms with Gasteiger partial charge in [0.15, 0.2) is 5.78 Å². The summed E-state index contributed by atoms with van der Waals surface area (Å²) in [5.41, 5.74) is 0.632. The van der Waals surface area contributed by atoms with E-state index in [1.165, 1.54) is 4.88 Å². The Hall–Kier alpha value is -1.81. The molecule has 0 aliphatic rings. The van der Waals surface area contributed by atoms with Crippen LogP contribution in [0.3, 0.4) is 0 Å². The SMILES string of the molecule is COc1cc(OC)cc(C(=O)CCc2cccs2)c1. The number of benzene rings is 1. The average molecular weight is 276 g/mol. The van der Waals surface area contributed by atoms with E-state index < -0.39 is 0 Å². The van der Waals surface area contributed by atoms with Gasteiger partial charge in [-0.25, -0.2) is 0 Å². The van der Waals surface area contributed by atoms with Gasteiger partial charge in [-0.2, -0.15) is 0 Å². The van der Waals surface area contributed by atoms with Crippen molar-refractivity contribution in [2.24, 2.45) is 0 Å². The van der Waals surface area contributed by atoms with Crippen molar-refractivity contribution in [3.63, 3.8) is 0 Å². The van der Waals surface area contributed by atoms with Gasteiger partial charge in [-0.05, 0) is 30.0 Å². The van der Waals surface area contributed by atoms with Gasteiger partial charge in [0.25, 0.3) is 0 Å². The summed E-state index contributed by atoms with van der Waals surface area (Å²) in [4.78, 5) is 13.4. The van der Waals surface area contributed by atoms with Crippen LogP contribution in [-0.4, -0.2) is 20.0 Å². The van der Waals surface area contributed by atoms with Crippen LogP contribution in [0.25, 0.3) is 0 Å². The predicted octanol–water partition coefficient (Wildman–Crippen LogP) is 3.58. The summed E-state index contributed by atoms with van der Waals surface area (Å²) in [6, 6.07) is 9.30. The van der Waals surface area contributed by atoms with E-state index in [0.717, 1.165) is 6.42 Å². The Morgan fingerprint density at radius 2 is 1.84 bits per heavy atom. The molecule has 0 aliphatic heterocycles. The van der Waals surface area contributed by atoms with Crippen molar-refractivity contribution in [3.05, 3.63) is 46.2 Å². The van der Waals surface area contributed by atoms with Crippen LogP contribution >= 0.6 is 11.3 Å². The molecule has 1 heterocycles. The molecule has 0 bridgehead atoms. The highest BCUT2D eigenvalue weighted by Crippen LogP contribution is 2.24. The largest absolute Gasteiger partial charge is 0.497 e. The molecule has 0 amide bonds. The second-order valence-corrected chi connectivity index (χ2v) is 5.14. The number of aryl methyl sites for hydroxylation is 1. The first-order valence-electron chi connectivity index (χ1n) is 6.01. The fourth-order valence-electron chi connectivity index (χ4n) is 1.80. The molecule has 1 aromatic heterocycles. The van der Waals surface area contributed by atoms with Gasteiger partial charge in [0.1, 0.15) is 11.5 Å². The zero-order valence-corrected chi connectivity index (χ0v) is 11.8. The highest BCUT2D eigenvalue weighted by molar-refractivity contribution is 7.09. The third-order valence-corrected chi connectivity index (χ3v) is 3.79. The van der Waals surface area contributed by atoms with Gasteiger partial charge in [0.05, 0.1) is 14.2 Å². The Labute approximate surface area is 116 Å². The quantitative estimate of drug-likeness (QED) is 0.756. The van der Waals surface area contributed by atoms with Crippen LogP contribution in [0, 0.1) is 0 Å². The fraction of sp³-hybridized carbons (Fsp3) is 0.267. The third-order valence-electron chi connectivity index (χ3n) is 2.85. The van der Waals surface area contributed by atoms with Crippen molar-refractivity contribution >= 4 is 17.1 Å². The summed E-state index contributed by atoms with van der Waals surface area (Å²) in [5.74, 6) is 1.38. The van der Waals surface area contributed by atoms with E-state index in [9.17, 15) is 4.79 Å². The maximum atomic E-state index is 12.2. The Morgan fingerprint density at radius 1 is 1.16 bits per heavy atom. The molecule has 0 radical (unpaired) electrons. The number of rotatable bonds is 6. The van der Waals surface area contributed by atoms with Crippen molar-refractivity contribution in [1.29, 1.82) is 0 Å². The maximum absolute atomic E-state index is 12.2. The van der Waals surface area contributed by atoms with Crippen LogP contribution in [0.15, 0.2) is 35.7 Å². The summed E-state index contributed by atoms with van der Waals surface area (Å²) < 4.78 is 10.3. The van der Waals surface area contributed by atoms with E-state index in [4.69, 9.17) is 9.47 Å². The summed E-state index contributed by atoms with van der Waals surface area (Å²) >= 11 is 1.67. The summed E-state index contributed by atoms with van der Waals surface area (Å²) in [6.45, 7) is 0. The van der Waals surface area contributed by atoms with Gasteiger partial charge >= 0.3 is 0 Å². The maximum Gasteiger partial charge on any atom is 0.163 e. The zero-order valence-electron chi connectivity index (χ0n) is 11.0. The van der Waals surface area contributed by atoms with Gasteiger partial charge in [-0.1, -0.05) is 6.07 Å². The molecule has 0 atom stereocenters. The first-order chi connectivity index (χ1) is 9.22. The number of ether oxygens (including phenoxy) is 2. The fourth-order valence-corrected chi connectivity index (χ4v) is 2.51. The number of thiophene rings is 1. The first-order valence-corrected chi connectivity index (χ1v) is 6.89. The molecule has 2 rings (SSSR count). The Morgan fingerprint density at radius 3 is 2.37 bits per heavy atom. The minimum Gasteiger partial charge on any atom is -0.497 e. The normalized spacial score (nSPS) is 10.2. The number of hydrogen-bond acceptors (Lipinski definition) is 4. The number of carbonyl (C=O) groups is 1. The van der Waals surface area contributed by atoms with Crippen LogP contribution in [0.1, 0.15) is 21.7 Å². The molecule has 2 aromatic rings. The monoisotopic (exact) mass is 276 g/mol. The van der Waals surface area contributed by atoms with Crippen LogP contribution in [0.5, 0.6) is 11.5 Å². The van der Waals surface area contributed by atoms with Crippen molar-refractivity contribution < 1.29 is 14.3 Å². The number of methoxy groups -OCH3 is 2. The molecular formula is C15H16O3S. The molecule has 100 valence electrons. The lowest BCUT2D eigenvalue weighted by molar-refractivity contribution is 0.0982. The summed E-state index contributed by atoms with van der Waals surface area (Å²) in [5, 5.41) is 2.02. The Bertz CT molecular complexity index is 524. The molecule has 0 unspecified atom stereocenters. The highest BCUT2D eigenvalue weighted by atomic mass is 32.1. The molecule has 0 aliphatic carbocycles. The van der Waals surface area contributed by atoms with E-state index >= 15 is 0 Å². The van der Waals surface area contributed by atoms with Crippen LogP contribution in [0.2, 0.25) is 0 Å². The highest BCUT2D eigenvalue weighted by Gasteiger charge is 2.10. The molecule has 19 heavy (non-hydrogen) atoms. The minimum atomic E-state index is 0.102. The van der Waals surface area contributed by atoms with Crippen molar-refractivity contribution in [3.8, 4) is 11.5 Å². The van der Waals surface area contributed by atoms with E-state index in [2.05, 4.69) is 0 Å². The van der Waals surface area contributed by atoms with Crippen LogP contribution in [-0.2, 0) is 6.42 Å². The number of ketones is 1. The minimum absolute atomic E-state index is 0.102. The van der Waals surface area contributed by atoms with Crippen molar-refractivity contribution in [2.75, 3.05) is 14.2 Å². The van der Waals surface area contributed by atoms with Crippen molar-refractivity contribution in [1.82, 2.24) is 0 Å². The van der Waals surface area contributed by atoms with E-state index in [0.29, 0.717) is 23.5 Å². The Balaban J connectivity index is 2.09. The van der Waals surface area contributed by atoms with Gasteiger partial charge in [-0.3, -0.25) is 4.79 Å². The van der Waals surface area contributed by atoms with Crippen molar-refractivity contribution in [2.45, 2.75) is 12.8 Å². The van der Waals surface area contributed by atoms with E-state index in [1.54, 1.807) is 43.8 Å². The summed E-state index contributed by atoms with van der Waals surface area (Å²) in [6.07, 6.45) is 1.27. The molecule has 1 aromatic carbocycles. The van der Waals surface area contributed by atoms with E-state index in [-0.39, 0.29) is 5.78 Å². The molecular weight excluding hydrogens is 260 g/mol. The van der Waals surface area contributed by atoms with Gasteiger partial charge in [0, 0.05) is 22.9 Å². The molecule has 0 fully saturated rings. The smallest absolute Gasteiger partial charge is 0.163 e. The average Bonchev–Trinajstić information content (AvgIpc) is 2.97. The molecule has 4 heteroatoms. The van der Waals surface area contributed by atoms with Crippen LogP contribution in [0.4, 0.5) is 0 Å².